The minimum atomic E-state index is -0.211. The van der Waals surface area contributed by atoms with Gasteiger partial charge in [0, 0.05) is 6.42 Å². The van der Waals surface area contributed by atoms with Crippen LogP contribution in [0.4, 0.5) is 0 Å². The normalized spacial score (nSPS) is 9.08. The molecular weight excluding hydrogens is 150 g/mol. The van der Waals surface area contributed by atoms with Crippen LogP contribution in [0, 0.1) is 5.92 Å². The van der Waals surface area contributed by atoms with Crippen molar-refractivity contribution in [2.75, 3.05) is 0 Å². The maximum Gasteiger partial charge on any atom is 0.217 e. The first-order valence-electron chi connectivity index (χ1n) is 4.82. The van der Waals surface area contributed by atoms with E-state index in [0.29, 0.717) is 6.42 Å². The molecule has 74 valence electrons. The number of primary amides is 1. The molecule has 2 N–H and O–H groups in total. The summed E-state index contributed by atoms with van der Waals surface area (Å²) in [6.45, 7) is 8.65. The fraction of sp³-hybridized carbons (Fsp3) is 0.900. The van der Waals surface area contributed by atoms with Crippen LogP contribution < -0.4 is 5.73 Å². The van der Waals surface area contributed by atoms with Crippen LogP contribution in [0.25, 0.3) is 0 Å². The highest BCUT2D eigenvalue weighted by Crippen LogP contribution is 2.00. The SMILES string of the molecule is CCCC(C)C.CCCC(N)=O. The fourth-order valence-electron chi connectivity index (χ4n) is 0.824. The average Bonchev–Trinajstić information content (AvgIpc) is 1.87. The Morgan fingerprint density at radius 1 is 1.25 bits per heavy atom. The summed E-state index contributed by atoms with van der Waals surface area (Å²) in [6.07, 6.45) is 4.08. The lowest BCUT2D eigenvalue weighted by Crippen LogP contribution is -2.08. The van der Waals surface area contributed by atoms with Gasteiger partial charge in [-0.1, -0.05) is 40.5 Å². The molecule has 2 heteroatoms. The van der Waals surface area contributed by atoms with Gasteiger partial charge in [0.1, 0.15) is 0 Å². The quantitative estimate of drug-likeness (QED) is 0.698. The van der Waals surface area contributed by atoms with Gasteiger partial charge in [-0.25, -0.2) is 0 Å². The smallest absolute Gasteiger partial charge is 0.217 e. The molecule has 2 nitrogen and oxygen atoms in total. The second-order valence-electron chi connectivity index (χ2n) is 3.40. The van der Waals surface area contributed by atoms with Gasteiger partial charge < -0.3 is 5.73 Å². The molecule has 0 spiro atoms. The van der Waals surface area contributed by atoms with Crippen molar-refractivity contribution in [3.05, 3.63) is 0 Å². The molecule has 0 fully saturated rings. The Bertz CT molecular complexity index is 100. The molecule has 0 heterocycles. The van der Waals surface area contributed by atoms with Gasteiger partial charge in [0.2, 0.25) is 5.91 Å². The van der Waals surface area contributed by atoms with E-state index in [9.17, 15) is 4.79 Å². The van der Waals surface area contributed by atoms with E-state index in [0.717, 1.165) is 12.3 Å². The van der Waals surface area contributed by atoms with Crippen LogP contribution >= 0.6 is 0 Å². The third kappa shape index (κ3) is 22.7. The summed E-state index contributed by atoms with van der Waals surface area (Å²) in [5.74, 6) is 0.688. The Labute approximate surface area is 76.5 Å². The predicted molar refractivity (Wildman–Crippen MR) is 53.8 cm³/mol. The van der Waals surface area contributed by atoms with Crippen LogP contribution in [0.5, 0.6) is 0 Å². The second-order valence-corrected chi connectivity index (χ2v) is 3.40. The molecule has 0 aliphatic rings. The first-order valence-corrected chi connectivity index (χ1v) is 4.82. The zero-order valence-electron chi connectivity index (χ0n) is 8.89. The lowest BCUT2D eigenvalue weighted by molar-refractivity contribution is -0.118. The highest BCUT2D eigenvalue weighted by Gasteiger charge is 1.85. The van der Waals surface area contributed by atoms with Crippen molar-refractivity contribution in [1.82, 2.24) is 0 Å². The molecule has 12 heavy (non-hydrogen) atoms. The van der Waals surface area contributed by atoms with Crippen LogP contribution in [0.1, 0.15) is 53.4 Å². The Balaban J connectivity index is 0. The molecule has 0 bridgehead atoms. The molecule has 0 aromatic carbocycles. The average molecular weight is 173 g/mol. The maximum atomic E-state index is 9.82. The largest absolute Gasteiger partial charge is 0.370 e. The summed E-state index contributed by atoms with van der Waals surface area (Å²) >= 11 is 0. The van der Waals surface area contributed by atoms with E-state index in [2.05, 4.69) is 20.8 Å². The Kier molecular flexibility index (Phi) is 12.2. The lowest BCUT2D eigenvalue weighted by atomic mass is 10.1. The van der Waals surface area contributed by atoms with Crippen molar-refractivity contribution < 1.29 is 4.79 Å². The first kappa shape index (κ1) is 14.0. The lowest BCUT2D eigenvalue weighted by Gasteiger charge is -1.95. The third-order valence-electron chi connectivity index (χ3n) is 1.36. The number of carbonyl (C=O) groups excluding carboxylic acids is 1. The number of hydrogen-bond donors (Lipinski definition) is 1. The summed E-state index contributed by atoms with van der Waals surface area (Å²) in [5, 5.41) is 0. The first-order chi connectivity index (χ1) is 5.54. The van der Waals surface area contributed by atoms with Crippen LogP contribution in [-0.4, -0.2) is 5.91 Å². The van der Waals surface area contributed by atoms with Gasteiger partial charge in [-0.15, -0.1) is 0 Å². The standard InChI is InChI=1S/C6H14.C4H9NO/c1-4-5-6(2)3;1-2-3-4(5)6/h6H,4-5H2,1-3H3;2-3H2,1H3,(H2,5,6). The molecule has 0 atom stereocenters. The molecule has 0 unspecified atom stereocenters. The van der Waals surface area contributed by atoms with E-state index in [1.54, 1.807) is 0 Å². The van der Waals surface area contributed by atoms with Gasteiger partial charge in [-0.05, 0) is 12.3 Å². The number of rotatable bonds is 4. The molecule has 0 aromatic rings. The topological polar surface area (TPSA) is 43.1 Å². The van der Waals surface area contributed by atoms with Crippen LogP contribution in [-0.2, 0) is 4.79 Å². The Hall–Kier alpha value is -0.530. The fourth-order valence-corrected chi connectivity index (χ4v) is 0.824. The number of carbonyl (C=O) groups is 1. The molecule has 0 radical (unpaired) electrons. The number of nitrogens with two attached hydrogens (primary N) is 1. The molecule has 0 aliphatic heterocycles. The Morgan fingerprint density at radius 3 is 1.75 bits per heavy atom. The van der Waals surface area contributed by atoms with E-state index in [4.69, 9.17) is 5.73 Å². The van der Waals surface area contributed by atoms with Crippen molar-refractivity contribution >= 4 is 5.91 Å². The molecule has 0 rings (SSSR count). The summed E-state index contributed by atoms with van der Waals surface area (Å²) in [5.41, 5.74) is 4.76. The van der Waals surface area contributed by atoms with E-state index in [1.165, 1.54) is 12.8 Å². The molecule has 1 amide bonds. The van der Waals surface area contributed by atoms with E-state index in [1.807, 2.05) is 6.92 Å². The van der Waals surface area contributed by atoms with Crippen molar-refractivity contribution in [3.63, 3.8) is 0 Å². The third-order valence-corrected chi connectivity index (χ3v) is 1.36. The molecule has 0 saturated carbocycles. The van der Waals surface area contributed by atoms with E-state index < -0.39 is 0 Å². The van der Waals surface area contributed by atoms with Gasteiger partial charge in [0.15, 0.2) is 0 Å². The number of amides is 1. The van der Waals surface area contributed by atoms with Crippen LogP contribution in [0.3, 0.4) is 0 Å². The van der Waals surface area contributed by atoms with Crippen LogP contribution in [0.2, 0.25) is 0 Å². The maximum absolute atomic E-state index is 9.82. The highest BCUT2D eigenvalue weighted by atomic mass is 16.1. The van der Waals surface area contributed by atoms with Crippen molar-refractivity contribution in [1.29, 1.82) is 0 Å². The summed E-state index contributed by atoms with van der Waals surface area (Å²) in [7, 11) is 0. The molecular formula is C10H23NO. The van der Waals surface area contributed by atoms with Crippen LogP contribution in [0.15, 0.2) is 0 Å². The zero-order valence-corrected chi connectivity index (χ0v) is 8.89. The summed E-state index contributed by atoms with van der Waals surface area (Å²) in [6, 6.07) is 0. The van der Waals surface area contributed by atoms with Crippen molar-refractivity contribution in [2.45, 2.75) is 53.4 Å². The molecule has 0 saturated heterocycles. The zero-order chi connectivity index (χ0) is 9.98. The minimum Gasteiger partial charge on any atom is -0.370 e. The summed E-state index contributed by atoms with van der Waals surface area (Å²) < 4.78 is 0. The van der Waals surface area contributed by atoms with Gasteiger partial charge in [-0.3, -0.25) is 4.79 Å². The minimum absolute atomic E-state index is 0.211. The van der Waals surface area contributed by atoms with E-state index >= 15 is 0 Å². The van der Waals surface area contributed by atoms with E-state index in [-0.39, 0.29) is 5.91 Å². The Morgan fingerprint density at radius 2 is 1.75 bits per heavy atom. The highest BCUT2D eigenvalue weighted by molar-refractivity contribution is 5.73. The van der Waals surface area contributed by atoms with Crippen molar-refractivity contribution in [3.8, 4) is 0 Å². The summed E-state index contributed by atoms with van der Waals surface area (Å²) in [4.78, 5) is 9.82. The number of hydrogen-bond acceptors (Lipinski definition) is 1. The molecule has 0 aliphatic carbocycles. The molecule has 0 aromatic heterocycles. The van der Waals surface area contributed by atoms with Gasteiger partial charge >= 0.3 is 0 Å². The van der Waals surface area contributed by atoms with Gasteiger partial charge in [0.05, 0.1) is 0 Å². The van der Waals surface area contributed by atoms with Gasteiger partial charge in [0.25, 0.3) is 0 Å². The second kappa shape index (κ2) is 10.5. The van der Waals surface area contributed by atoms with Crippen molar-refractivity contribution in [2.24, 2.45) is 11.7 Å². The monoisotopic (exact) mass is 173 g/mol. The van der Waals surface area contributed by atoms with Gasteiger partial charge in [-0.2, -0.15) is 0 Å². The predicted octanol–water partition coefficient (Wildman–Crippen LogP) is 2.71.